The molecule has 2 aromatic rings. The molecule has 25 heavy (non-hydrogen) atoms. The number of hydrogen-bond donors (Lipinski definition) is 0. The van der Waals surface area contributed by atoms with Gasteiger partial charge in [-0.25, -0.2) is 14.4 Å². The summed E-state index contributed by atoms with van der Waals surface area (Å²) < 4.78 is 18.1. The number of hydrogen-bond acceptors (Lipinski definition) is 5. The van der Waals surface area contributed by atoms with E-state index >= 15 is 0 Å². The van der Waals surface area contributed by atoms with Crippen LogP contribution in [0.4, 0.5) is 10.3 Å². The number of likely N-dealkylation sites (tertiary alicyclic amines) is 1. The maximum atomic E-state index is 13.0. The lowest BCUT2D eigenvalue weighted by atomic mass is 10.0. The fourth-order valence-corrected chi connectivity index (χ4v) is 3.67. The topological polar surface area (TPSA) is 58.6 Å². The molecule has 0 bridgehead atoms. The van der Waals surface area contributed by atoms with Crippen molar-refractivity contribution in [2.75, 3.05) is 31.6 Å². The predicted octanol–water partition coefficient (Wildman–Crippen LogP) is 1.72. The highest BCUT2D eigenvalue weighted by Gasteiger charge is 2.46. The van der Waals surface area contributed by atoms with Crippen LogP contribution in [-0.4, -0.2) is 47.5 Å². The summed E-state index contributed by atoms with van der Waals surface area (Å²) in [5.74, 6) is 1.25. The maximum Gasteiger partial charge on any atom is 0.228 e. The molecule has 1 amide bonds. The molecule has 2 saturated heterocycles. The van der Waals surface area contributed by atoms with Gasteiger partial charge in [-0.05, 0) is 17.7 Å². The normalized spacial score (nSPS) is 22.4. The number of benzene rings is 1. The van der Waals surface area contributed by atoms with Crippen molar-refractivity contribution >= 4 is 11.9 Å². The number of ether oxygens (including phenoxy) is 1. The van der Waals surface area contributed by atoms with Gasteiger partial charge >= 0.3 is 0 Å². The van der Waals surface area contributed by atoms with Gasteiger partial charge in [0.25, 0.3) is 0 Å². The van der Waals surface area contributed by atoms with E-state index in [1.807, 2.05) is 34.1 Å². The Kier molecular flexibility index (Phi) is 3.99. The van der Waals surface area contributed by atoms with Gasteiger partial charge in [0.1, 0.15) is 5.75 Å². The number of nitrogens with zero attached hydrogens (tertiary/aromatic N) is 4. The number of anilines is 1. The third-order valence-electron chi connectivity index (χ3n) is 4.95. The average molecular weight is 342 g/mol. The number of carbonyl (C=O) groups is 1. The first-order valence-corrected chi connectivity index (χ1v) is 8.28. The van der Waals surface area contributed by atoms with Crippen molar-refractivity contribution in [3.8, 4) is 5.75 Å². The maximum absolute atomic E-state index is 13.0. The average Bonchev–Trinajstić information content (AvgIpc) is 3.16. The molecule has 0 saturated carbocycles. The molecule has 0 N–H and O–H groups in total. The van der Waals surface area contributed by atoms with Crippen molar-refractivity contribution in [2.24, 2.45) is 11.8 Å². The molecule has 0 spiro atoms. The summed E-state index contributed by atoms with van der Waals surface area (Å²) in [6, 6.07) is 7.78. The van der Waals surface area contributed by atoms with Gasteiger partial charge < -0.3 is 14.5 Å². The Morgan fingerprint density at radius 3 is 2.52 bits per heavy atom. The minimum Gasteiger partial charge on any atom is -0.497 e. The fourth-order valence-electron chi connectivity index (χ4n) is 3.67. The quantitative estimate of drug-likeness (QED) is 0.847. The van der Waals surface area contributed by atoms with Crippen LogP contribution in [0.2, 0.25) is 0 Å². The highest BCUT2D eigenvalue weighted by atomic mass is 19.1. The van der Waals surface area contributed by atoms with Crippen LogP contribution in [0.3, 0.4) is 0 Å². The Morgan fingerprint density at radius 2 is 1.88 bits per heavy atom. The molecule has 2 atom stereocenters. The summed E-state index contributed by atoms with van der Waals surface area (Å²) in [5, 5.41) is 0. The van der Waals surface area contributed by atoms with Crippen LogP contribution in [0, 0.1) is 17.7 Å². The molecular weight excluding hydrogens is 323 g/mol. The van der Waals surface area contributed by atoms with E-state index in [0.29, 0.717) is 19.0 Å². The second-order valence-corrected chi connectivity index (χ2v) is 6.54. The summed E-state index contributed by atoms with van der Waals surface area (Å²) in [6.45, 7) is 2.66. The van der Waals surface area contributed by atoms with Crippen LogP contribution in [0.25, 0.3) is 0 Å². The lowest BCUT2D eigenvalue weighted by Gasteiger charge is -2.22. The van der Waals surface area contributed by atoms with Gasteiger partial charge in [-0.15, -0.1) is 0 Å². The molecule has 6 nitrogen and oxygen atoms in total. The monoisotopic (exact) mass is 342 g/mol. The number of carbonyl (C=O) groups excluding carboxylic acids is 1. The Balaban J connectivity index is 1.41. The van der Waals surface area contributed by atoms with Crippen LogP contribution < -0.4 is 9.64 Å². The van der Waals surface area contributed by atoms with Crippen molar-refractivity contribution in [3.05, 3.63) is 48.0 Å². The van der Waals surface area contributed by atoms with E-state index in [0.717, 1.165) is 36.8 Å². The summed E-state index contributed by atoms with van der Waals surface area (Å²) in [5.41, 5.74) is 1.09. The van der Waals surface area contributed by atoms with Gasteiger partial charge in [-0.1, -0.05) is 12.1 Å². The molecule has 1 aromatic carbocycles. The molecule has 2 aliphatic rings. The first kappa shape index (κ1) is 15.8. The third kappa shape index (κ3) is 3.01. The molecule has 0 aliphatic carbocycles. The number of amides is 1. The second-order valence-electron chi connectivity index (χ2n) is 6.54. The summed E-state index contributed by atoms with van der Waals surface area (Å²) in [7, 11) is 1.64. The van der Waals surface area contributed by atoms with E-state index in [1.54, 1.807) is 7.11 Å². The minimum atomic E-state index is -0.454. The van der Waals surface area contributed by atoms with Gasteiger partial charge in [0.2, 0.25) is 11.9 Å². The zero-order chi connectivity index (χ0) is 17.4. The number of methoxy groups -OCH3 is 1. The van der Waals surface area contributed by atoms with Crippen molar-refractivity contribution in [2.45, 2.75) is 6.54 Å². The molecule has 1 aromatic heterocycles. The number of halogens is 1. The molecule has 2 fully saturated rings. The van der Waals surface area contributed by atoms with Crippen LogP contribution in [-0.2, 0) is 11.3 Å². The van der Waals surface area contributed by atoms with Gasteiger partial charge in [-0.2, -0.15) is 0 Å². The standard InChI is InChI=1S/C18H19FN4O2/c1-25-15-4-2-12(3-5-15)8-22-9-13-10-23(11-16(13)17(22)24)18-20-6-14(19)7-21-18/h2-7,13,16H,8-11H2,1H3/t13-,16+/m1/s1. The molecule has 130 valence electrons. The molecule has 0 unspecified atom stereocenters. The van der Waals surface area contributed by atoms with Gasteiger partial charge in [0, 0.05) is 32.1 Å². The molecule has 2 aliphatic heterocycles. The molecule has 3 heterocycles. The van der Waals surface area contributed by atoms with Crippen molar-refractivity contribution in [1.29, 1.82) is 0 Å². The van der Waals surface area contributed by atoms with Crippen molar-refractivity contribution in [1.82, 2.24) is 14.9 Å². The first-order valence-electron chi connectivity index (χ1n) is 8.28. The smallest absolute Gasteiger partial charge is 0.228 e. The second kappa shape index (κ2) is 6.31. The van der Waals surface area contributed by atoms with Crippen LogP contribution in [0.5, 0.6) is 5.75 Å². The first-order chi connectivity index (χ1) is 12.1. The van der Waals surface area contributed by atoms with Crippen molar-refractivity contribution in [3.63, 3.8) is 0 Å². The fraction of sp³-hybridized carbons (Fsp3) is 0.389. The minimum absolute atomic E-state index is 0.0353. The number of fused-ring (bicyclic) bond motifs is 1. The SMILES string of the molecule is COc1ccc(CN2C[C@@H]3CN(c4ncc(F)cn4)C[C@@H]3C2=O)cc1. The highest BCUT2D eigenvalue weighted by molar-refractivity contribution is 5.83. The zero-order valence-corrected chi connectivity index (χ0v) is 13.9. The molecule has 4 rings (SSSR count). The molecule has 7 heteroatoms. The summed E-state index contributed by atoms with van der Waals surface area (Å²) >= 11 is 0. The highest BCUT2D eigenvalue weighted by Crippen LogP contribution is 2.34. The van der Waals surface area contributed by atoms with Crippen LogP contribution in [0.1, 0.15) is 5.56 Å². The van der Waals surface area contributed by atoms with Crippen LogP contribution >= 0.6 is 0 Å². The predicted molar refractivity (Wildman–Crippen MR) is 89.6 cm³/mol. The zero-order valence-electron chi connectivity index (χ0n) is 13.9. The Bertz CT molecular complexity index is 766. The Hall–Kier alpha value is -2.70. The van der Waals surface area contributed by atoms with Crippen molar-refractivity contribution < 1.29 is 13.9 Å². The molecule has 0 radical (unpaired) electrons. The third-order valence-corrected chi connectivity index (χ3v) is 4.95. The lowest BCUT2D eigenvalue weighted by molar-refractivity contribution is -0.131. The number of aromatic nitrogens is 2. The van der Waals surface area contributed by atoms with Crippen LogP contribution in [0.15, 0.2) is 36.7 Å². The summed E-state index contributed by atoms with van der Waals surface area (Å²) in [6.07, 6.45) is 2.32. The summed E-state index contributed by atoms with van der Waals surface area (Å²) in [4.78, 5) is 24.6. The van der Waals surface area contributed by atoms with E-state index in [-0.39, 0.29) is 17.7 Å². The number of rotatable bonds is 4. The van der Waals surface area contributed by atoms with E-state index in [9.17, 15) is 9.18 Å². The van der Waals surface area contributed by atoms with Gasteiger partial charge in [-0.3, -0.25) is 4.79 Å². The van der Waals surface area contributed by atoms with Gasteiger partial charge in [0.15, 0.2) is 5.82 Å². The largest absolute Gasteiger partial charge is 0.497 e. The van der Waals surface area contributed by atoms with E-state index < -0.39 is 5.82 Å². The Morgan fingerprint density at radius 1 is 1.16 bits per heavy atom. The van der Waals surface area contributed by atoms with E-state index in [4.69, 9.17) is 4.74 Å². The van der Waals surface area contributed by atoms with E-state index in [1.165, 1.54) is 0 Å². The lowest BCUT2D eigenvalue weighted by Crippen LogP contribution is -2.33. The van der Waals surface area contributed by atoms with E-state index in [2.05, 4.69) is 9.97 Å². The molecular formula is C18H19FN4O2. The Labute approximate surface area is 145 Å². The van der Waals surface area contributed by atoms with Gasteiger partial charge in [0.05, 0.1) is 25.4 Å².